The smallest absolute Gasteiger partial charge is 0.319 e. The molecule has 0 aliphatic rings. The number of carbonyl (C=O) groups excluding carboxylic acids is 1. The molecule has 0 saturated heterocycles. The molecule has 4 heteroatoms. The lowest BCUT2D eigenvalue weighted by Gasteiger charge is -2.19. The first-order valence-electron chi connectivity index (χ1n) is 5.38. The van der Waals surface area contributed by atoms with Crippen LogP contribution in [0.25, 0.3) is 6.08 Å². The van der Waals surface area contributed by atoms with Crippen molar-refractivity contribution in [2.75, 3.05) is 0 Å². The molecule has 1 aromatic carbocycles. The lowest BCUT2D eigenvalue weighted by Crippen LogP contribution is -2.44. The van der Waals surface area contributed by atoms with Gasteiger partial charge in [-0.1, -0.05) is 23.7 Å². The van der Waals surface area contributed by atoms with Crippen LogP contribution in [0.5, 0.6) is 0 Å². The van der Waals surface area contributed by atoms with Crippen LogP contribution < -0.4 is 10.6 Å². The number of rotatable bonds is 2. The molecule has 0 bridgehead atoms. The summed E-state index contributed by atoms with van der Waals surface area (Å²) in [5.74, 6) is 0. The van der Waals surface area contributed by atoms with E-state index in [-0.39, 0.29) is 11.6 Å². The summed E-state index contributed by atoms with van der Waals surface area (Å²) >= 11 is 5.84. The zero-order chi connectivity index (χ0) is 12.9. The predicted molar refractivity (Wildman–Crippen MR) is 71.9 cm³/mol. The van der Waals surface area contributed by atoms with Crippen molar-refractivity contribution in [2.45, 2.75) is 26.3 Å². The molecule has 0 spiro atoms. The first-order valence-corrected chi connectivity index (χ1v) is 5.75. The van der Waals surface area contributed by atoms with Crippen LogP contribution in [-0.2, 0) is 0 Å². The summed E-state index contributed by atoms with van der Waals surface area (Å²) in [5, 5.41) is 6.10. The van der Waals surface area contributed by atoms with Gasteiger partial charge in [-0.15, -0.1) is 0 Å². The summed E-state index contributed by atoms with van der Waals surface area (Å²) in [6.07, 6.45) is 3.38. The van der Waals surface area contributed by atoms with Crippen LogP contribution in [0.3, 0.4) is 0 Å². The van der Waals surface area contributed by atoms with Crippen LogP contribution in [0.15, 0.2) is 30.5 Å². The Morgan fingerprint density at radius 2 is 2.06 bits per heavy atom. The van der Waals surface area contributed by atoms with Gasteiger partial charge in [-0.25, -0.2) is 4.79 Å². The molecule has 0 aromatic heterocycles. The standard InChI is InChI=1S/C13H17ClN2O/c1-13(2,3)16-12(17)15-8-7-10-5-4-6-11(14)9-10/h4-9H,1-3H3,(H2,15,16,17)/b8-7+. The molecule has 2 N–H and O–H groups in total. The van der Waals surface area contributed by atoms with E-state index in [2.05, 4.69) is 10.6 Å². The van der Waals surface area contributed by atoms with Crippen molar-refractivity contribution < 1.29 is 4.79 Å². The van der Waals surface area contributed by atoms with Gasteiger partial charge in [0.1, 0.15) is 0 Å². The zero-order valence-electron chi connectivity index (χ0n) is 10.3. The SMILES string of the molecule is CC(C)(C)NC(=O)N/C=C/c1cccc(Cl)c1. The number of amides is 2. The van der Waals surface area contributed by atoms with Gasteiger partial charge in [-0.3, -0.25) is 0 Å². The van der Waals surface area contributed by atoms with Gasteiger partial charge < -0.3 is 10.6 Å². The topological polar surface area (TPSA) is 41.1 Å². The first-order chi connectivity index (χ1) is 7.87. The molecule has 0 atom stereocenters. The Balaban J connectivity index is 2.48. The molecular weight excluding hydrogens is 236 g/mol. The van der Waals surface area contributed by atoms with Gasteiger partial charge in [0.15, 0.2) is 0 Å². The summed E-state index contributed by atoms with van der Waals surface area (Å²) in [6.45, 7) is 5.77. The third-order valence-corrected chi connectivity index (χ3v) is 2.06. The van der Waals surface area contributed by atoms with Gasteiger partial charge in [0.05, 0.1) is 0 Å². The quantitative estimate of drug-likeness (QED) is 0.832. The number of hydrogen-bond donors (Lipinski definition) is 2. The first kappa shape index (κ1) is 13.6. The molecule has 92 valence electrons. The lowest BCUT2D eigenvalue weighted by molar-refractivity contribution is 0.235. The van der Waals surface area contributed by atoms with Crippen LogP contribution in [0.1, 0.15) is 26.3 Å². The van der Waals surface area contributed by atoms with E-state index in [9.17, 15) is 4.79 Å². The number of carbonyl (C=O) groups is 1. The highest BCUT2D eigenvalue weighted by molar-refractivity contribution is 6.30. The Morgan fingerprint density at radius 3 is 2.65 bits per heavy atom. The minimum atomic E-state index is -0.242. The summed E-state index contributed by atoms with van der Waals surface area (Å²) < 4.78 is 0. The second kappa shape index (κ2) is 5.73. The van der Waals surface area contributed by atoms with E-state index in [1.165, 1.54) is 0 Å². The highest BCUT2D eigenvalue weighted by Crippen LogP contribution is 2.11. The van der Waals surface area contributed by atoms with E-state index in [1.54, 1.807) is 18.3 Å². The third-order valence-electron chi connectivity index (χ3n) is 1.83. The Labute approximate surface area is 107 Å². The van der Waals surface area contributed by atoms with Gasteiger partial charge >= 0.3 is 6.03 Å². The van der Waals surface area contributed by atoms with Crippen molar-refractivity contribution in [2.24, 2.45) is 0 Å². The molecule has 17 heavy (non-hydrogen) atoms. The average Bonchev–Trinajstić information content (AvgIpc) is 2.14. The van der Waals surface area contributed by atoms with Crippen molar-refractivity contribution in [3.63, 3.8) is 0 Å². The van der Waals surface area contributed by atoms with Crippen molar-refractivity contribution in [1.82, 2.24) is 10.6 Å². The Bertz CT molecular complexity index is 422. The van der Waals surface area contributed by atoms with Crippen molar-refractivity contribution in [3.05, 3.63) is 41.1 Å². The van der Waals surface area contributed by atoms with E-state index >= 15 is 0 Å². The van der Waals surface area contributed by atoms with Crippen LogP contribution in [-0.4, -0.2) is 11.6 Å². The maximum Gasteiger partial charge on any atom is 0.319 e. The van der Waals surface area contributed by atoms with Crippen molar-refractivity contribution in [1.29, 1.82) is 0 Å². The van der Waals surface area contributed by atoms with E-state index in [1.807, 2.05) is 39.0 Å². The third kappa shape index (κ3) is 5.97. The zero-order valence-corrected chi connectivity index (χ0v) is 11.0. The second-order valence-corrected chi connectivity index (χ2v) is 5.17. The summed E-state index contributed by atoms with van der Waals surface area (Å²) in [4.78, 5) is 11.4. The average molecular weight is 253 g/mol. The fourth-order valence-corrected chi connectivity index (χ4v) is 1.40. The molecule has 1 rings (SSSR count). The highest BCUT2D eigenvalue weighted by atomic mass is 35.5. The van der Waals surface area contributed by atoms with E-state index in [0.29, 0.717) is 5.02 Å². The van der Waals surface area contributed by atoms with Crippen molar-refractivity contribution in [3.8, 4) is 0 Å². The molecule has 0 heterocycles. The highest BCUT2D eigenvalue weighted by Gasteiger charge is 2.11. The predicted octanol–water partition coefficient (Wildman–Crippen LogP) is 3.41. The van der Waals surface area contributed by atoms with E-state index in [4.69, 9.17) is 11.6 Å². The molecule has 0 radical (unpaired) electrons. The number of urea groups is 1. The Morgan fingerprint density at radius 1 is 1.35 bits per heavy atom. The van der Waals surface area contributed by atoms with E-state index in [0.717, 1.165) is 5.56 Å². The van der Waals surface area contributed by atoms with Gasteiger partial charge in [0, 0.05) is 16.8 Å². The van der Waals surface area contributed by atoms with Gasteiger partial charge in [0.25, 0.3) is 0 Å². The lowest BCUT2D eigenvalue weighted by atomic mass is 10.1. The van der Waals surface area contributed by atoms with Crippen molar-refractivity contribution >= 4 is 23.7 Å². The maximum atomic E-state index is 11.4. The number of benzene rings is 1. The molecule has 1 aromatic rings. The normalized spacial score (nSPS) is 11.5. The maximum absolute atomic E-state index is 11.4. The van der Waals surface area contributed by atoms with Crippen LogP contribution in [0, 0.1) is 0 Å². The molecular formula is C13H17ClN2O. The summed E-state index contributed by atoms with van der Waals surface area (Å²) in [7, 11) is 0. The Kier molecular flexibility index (Phi) is 4.58. The second-order valence-electron chi connectivity index (χ2n) is 4.74. The molecule has 0 aliphatic carbocycles. The van der Waals surface area contributed by atoms with Crippen LogP contribution >= 0.6 is 11.6 Å². The van der Waals surface area contributed by atoms with Gasteiger partial charge in [0.2, 0.25) is 0 Å². The molecule has 0 aliphatic heterocycles. The van der Waals surface area contributed by atoms with Gasteiger partial charge in [-0.05, 0) is 44.5 Å². The van der Waals surface area contributed by atoms with Gasteiger partial charge in [-0.2, -0.15) is 0 Å². The fourth-order valence-electron chi connectivity index (χ4n) is 1.20. The number of nitrogens with one attached hydrogen (secondary N) is 2. The minimum absolute atomic E-state index is 0.226. The minimum Gasteiger partial charge on any atom is -0.333 e. The van der Waals surface area contributed by atoms with Crippen LogP contribution in [0.2, 0.25) is 5.02 Å². The molecule has 0 saturated carbocycles. The summed E-state index contributed by atoms with van der Waals surface area (Å²) in [6, 6.07) is 7.17. The van der Waals surface area contributed by atoms with E-state index < -0.39 is 0 Å². The molecule has 3 nitrogen and oxygen atoms in total. The molecule has 0 unspecified atom stereocenters. The summed E-state index contributed by atoms with van der Waals surface area (Å²) in [5.41, 5.74) is 0.696. The number of hydrogen-bond acceptors (Lipinski definition) is 1. The number of halogens is 1. The molecule has 0 fully saturated rings. The molecule has 2 amide bonds. The largest absolute Gasteiger partial charge is 0.333 e. The monoisotopic (exact) mass is 252 g/mol. The Hall–Kier alpha value is -1.48. The fraction of sp³-hybridized carbons (Fsp3) is 0.308. The van der Waals surface area contributed by atoms with Crippen LogP contribution in [0.4, 0.5) is 4.79 Å².